The first-order chi connectivity index (χ1) is 7.25. The topological polar surface area (TPSA) is 24.1 Å². The molecule has 82 valence electrons. The number of hydrogen-bond acceptors (Lipinski definition) is 2. The Balaban J connectivity index is 1.92. The van der Waals surface area contributed by atoms with E-state index >= 15 is 0 Å². The molecule has 1 aliphatic heterocycles. The maximum Gasteiger partial charge on any atom is 0.124 e. The summed E-state index contributed by atoms with van der Waals surface area (Å²) in [5.41, 5.74) is 0.949. The molecule has 0 spiro atoms. The molecule has 0 aliphatic carbocycles. The van der Waals surface area contributed by atoms with Crippen molar-refractivity contribution < 1.29 is 4.39 Å². The number of nitrogens with one attached hydrogen (secondary N) is 2. The summed E-state index contributed by atoms with van der Waals surface area (Å²) >= 11 is 5.92. The predicted molar refractivity (Wildman–Crippen MR) is 59.5 cm³/mol. The Hall–Kier alpha value is -0.640. The summed E-state index contributed by atoms with van der Waals surface area (Å²) in [4.78, 5) is 0. The quantitative estimate of drug-likeness (QED) is 0.826. The van der Waals surface area contributed by atoms with Gasteiger partial charge in [0, 0.05) is 24.2 Å². The second-order valence-corrected chi connectivity index (χ2v) is 4.21. The highest BCUT2D eigenvalue weighted by Crippen LogP contribution is 2.17. The van der Waals surface area contributed by atoms with E-state index in [9.17, 15) is 4.39 Å². The summed E-state index contributed by atoms with van der Waals surface area (Å²) in [6, 6.07) is 5.03. The van der Waals surface area contributed by atoms with Gasteiger partial charge in [-0.3, -0.25) is 0 Å². The molecule has 2 N–H and O–H groups in total. The van der Waals surface area contributed by atoms with Crippen LogP contribution in [0.1, 0.15) is 12.0 Å². The lowest BCUT2D eigenvalue weighted by molar-refractivity contribution is 0.546. The molecule has 1 fully saturated rings. The SMILES string of the molecule is Fc1ccc(CNC2CCNC2)c(Cl)c1. The molecule has 0 amide bonds. The van der Waals surface area contributed by atoms with Gasteiger partial charge >= 0.3 is 0 Å². The summed E-state index contributed by atoms with van der Waals surface area (Å²) in [7, 11) is 0. The van der Waals surface area contributed by atoms with Crippen molar-refractivity contribution in [3.63, 3.8) is 0 Å². The fourth-order valence-electron chi connectivity index (χ4n) is 1.75. The van der Waals surface area contributed by atoms with Crippen molar-refractivity contribution in [3.8, 4) is 0 Å². The zero-order chi connectivity index (χ0) is 10.7. The lowest BCUT2D eigenvalue weighted by atomic mass is 10.2. The minimum Gasteiger partial charge on any atom is -0.315 e. The van der Waals surface area contributed by atoms with Crippen molar-refractivity contribution in [2.24, 2.45) is 0 Å². The van der Waals surface area contributed by atoms with E-state index in [1.54, 1.807) is 6.07 Å². The summed E-state index contributed by atoms with van der Waals surface area (Å²) in [5.74, 6) is -0.286. The van der Waals surface area contributed by atoms with Crippen molar-refractivity contribution in [1.29, 1.82) is 0 Å². The van der Waals surface area contributed by atoms with Crippen LogP contribution in [0.5, 0.6) is 0 Å². The normalized spacial score (nSPS) is 20.8. The van der Waals surface area contributed by atoms with E-state index in [1.807, 2.05) is 0 Å². The third-order valence-electron chi connectivity index (χ3n) is 2.66. The van der Waals surface area contributed by atoms with Crippen molar-refractivity contribution in [1.82, 2.24) is 10.6 Å². The van der Waals surface area contributed by atoms with E-state index in [0.717, 1.165) is 25.1 Å². The highest BCUT2D eigenvalue weighted by atomic mass is 35.5. The zero-order valence-corrected chi connectivity index (χ0v) is 9.15. The Labute approximate surface area is 93.8 Å². The molecule has 15 heavy (non-hydrogen) atoms. The molecule has 1 saturated heterocycles. The van der Waals surface area contributed by atoms with Gasteiger partial charge in [-0.15, -0.1) is 0 Å². The predicted octanol–water partition coefficient (Wildman–Crippen LogP) is 1.93. The van der Waals surface area contributed by atoms with Crippen LogP contribution in [-0.2, 0) is 6.54 Å². The van der Waals surface area contributed by atoms with Gasteiger partial charge in [0.05, 0.1) is 0 Å². The first-order valence-electron chi connectivity index (χ1n) is 5.14. The number of halogens is 2. The second kappa shape index (κ2) is 4.92. The van der Waals surface area contributed by atoms with Gasteiger partial charge < -0.3 is 10.6 Å². The molecule has 0 saturated carbocycles. The van der Waals surface area contributed by atoms with Gasteiger partial charge in [0.15, 0.2) is 0 Å². The average Bonchev–Trinajstić information content (AvgIpc) is 2.69. The summed E-state index contributed by atoms with van der Waals surface area (Å²) in [6.45, 7) is 2.76. The monoisotopic (exact) mass is 228 g/mol. The molecule has 1 unspecified atom stereocenters. The first-order valence-corrected chi connectivity index (χ1v) is 5.51. The zero-order valence-electron chi connectivity index (χ0n) is 8.39. The fourth-order valence-corrected chi connectivity index (χ4v) is 1.98. The van der Waals surface area contributed by atoms with E-state index in [0.29, 0.717) is 17.6 Å². The van der Waals surface area contributed by atoms with E-state index in [1.165, 1.54) is 12.1 Å². The van der Waals surface area contributed by atoms with Gasteiger partial charge in [-0.25, -0.2) is 4.39 Å². The van der Waals surface area contributed by atoms with Crippen LogP contribution < -0.4 is 10.6 Å². The summed E-state index contributed by atoms with van der Waals surface area (Å²) in [6.07, 6.45) is 1.14. The van der Waals surface area contributed by atoms with Crippen LogP contribution in [0.4, 0.5) is 4.39 Å². The van der Waals surface area contributed by atoms with Crippen LogP contribution >= 0.6 is 11.6 Å². The number of hydrogen-bond donors (Lipinski definition) is 2. The second-order valence-electron chi connectivity index (χ2n) is 3.81. The van der Waals surface area contributed by atoms with E-state index in [2.05, 4.69) is 10.6 Å². The molecular weight excluding hydrogens is 215 g/mol. The smallest absolute Gasteiger partial charge is 0.124 e. The molecule has 0 bridgehead atoms. The largest absolute Gasteiger partial charge is 0.315 e. The Morgan fingerprint density at radius 3 is 3.07 bits per heavy atom. The highest BCUT2D eigenvalue weighted by molar-refractivity contribution is 6.31. The minimum absolute atomic E-state index is 0.286. The van der Waals surface area contributed by atoms with Crippen LogP contribution in [0.2, 0.25) is 5.02 Å². The Kier molecular flexibility index (Phi) is 3.57. The lowest BCUT2D eigenvalue weighted by Crippen LogP contribution is -2.30. The van der Waals surface area contributed by atoms with Crippen LogP contribution in [0.3, 0.4) is 0 Å². The summed E-state index contributed by atoms with van der Waals surface area (Å²) in [5, 5.41) is 7.16. The lowest BCUT2D eigenvalue weighted by Gasteiger charge is -2.11. The van der Waals surface area contributed by atoms with Crippen LogP contribution in [0.25, 0.3) is 0 Å². The van der Waals surface area contributed by atoms with Crippen LogP contribution in [0.15, 0.2) is 18.2 Å². The van der Waals surface area contributed by atoms with Gasteiger partial charge in [0.25, 0.3) is 0 Å². The van der Waals surface area contributed by atoms with Gasteiger partial charge in [-0.2, -0.15) is 0 Å². The van der Waals surface area contributed by atoms with Gasteiger partial charge in [-0.1, -0.05) is 17.7 Å². The number of rotatable bonds is 3. The third kappa shape index (κ3) is 2.91. The van der Waals surface area contributed by atoms with Crippen LogP contribution in [-0.4, -0.2) is 19.1 Å². The van der Waals surface area contributed by atoms with Gasteiger partial charge in [0.1, 0.15) is 5.82 Å². The van der Waals surface area contributed by atoms with Crippen LogP contribution in [0, 0.1) is 5.82 Å². The third-order valence-corrected chi connectivity index (χ3v) is 3.01. The first kappa shape index (κ1) is 10.9. The fraction of sp³-hybridized carbons (Fsp3) is 0.455. The highest BCUT2D eigenvalue weighted by Gasteiger charge is 2.13. The molecule has 1 aliphatic rings. The summed E-state index contributed by atoms with van der Waals surface area (Å²) < 4.78 is 12.8. The standard InChI is InChI=1S/C11H14ClFN2/c12-11-5-9(13)2-1-8(11)6-15-10-3-4-14-7-10/h1-2,5,10,14-15H,3-4,6-7H2. The van der Waals surface area contributed by atoms with E-state index in [-0.39, 0.29) is 5.82 Å². The Bertz CT molecular complexity index is 337. The molecular formula is C11H14ClFN2. The number of benzene rings is 1. The molecule has 1 aromatic carbocycles. The van der Waals surface area contributed by atoms with E-state index < -0.39 is 0 Å². The van der Waals surface area contributed by atoms with Crippen molar-refractivity contribution in [3.05, 3.63) is 34.6 Å². The Morgan fingerprint density at radius 1 is 1.53 bits per heavy atom. The molecule has 1 atom stereocenters. The van der Waals surface area contributed by atoms with Crippen molar-refractivity contribution in [2.75, 3.05) is 13.1 Å². The van der Waals surface area contributed by atoms with Gasteiger partial charge in [0.2, 0.25) is 0 Å². The van der Waals surface area contributed by atoms with E-state index in [4.69, 9.17) is 11.6 Å². The maximum absolute atomic E-state index is 12.8. The molecule has 2 nitrogen and oxygen atoms in total. The minimum atomic E-state index is -0.286. The molecule has 1 heterocycles. The van der Waals surface area contributed by atoms with Crippen molar-refractivity contribution >= 4 is 11.6 Å². The average molecular weight is 229 g/mol. The molecule has 1 aromatic rings. The van der Waals surface area contributed by atoms with Gasteiger partial charge in [-0.05, 0) is 30.7 Å². The molecule has 0 aromatic heterocycles. The maximum atomic E-state index is 12.8. The Morgan fingerprint density at radius 2 is 2.40 bits per heavy atom. The molecule has 4 heteroatoms. The van der Waals surface area contributed by atoms with Crippen molar-refractivity contribution in [2.45, 2.75) is 19.0 Å². The molecule has 2 rings (SSSR count). The molecule has 0 radical (unpaired) electrons.